The van der Waals surface area contributed by atoms with E-state index in [4.69, 9.17) is 13.8 Å². The molecule has 0 fully saturated rings. The van der Waals surface area contributed by atoms with Crippen LogP contribution >= 0.6 is 7.82 Å². The Morgan fingerprint density at radius 1 is 0.473 bits per heavy atom. The number of phosphoric ester groups is 1. The fourth-order valence-electron chi connectivity index (χ4n) is 9.12. The molecule has 0 radical (unpaired) electrons. The van der Waals surface area contributed by atoms with Crippen LogP contribution < -0.4 is 10.2 Å². The fourth-order valence-corrected chi connectivity index (χ4v) is 9.84. The molecule has 74 heavy (non-hydrogen) atoms. The summed E-state index contributed by atoms with van der Waals surface area (Å²) in [4.78, 5) is 39.9. The number of allylic oxidation sites excluding steroid dienone is 7. The van der Waals surface area contributed by atoms with E-state index in [2.05, 4.69) is 62.5 Å². The summed E-state index contributed by atoms with van der Waals surface area (Å²) in [6.07, 6.45) is 66.5. The summed E-state index contributed by atoms with van der Waals surface area (Å²) in [7, 11) is 1.19. The molecule has 3 atom stereocenters. The fraction of sp³-hybridized carbons (Fsp3) is 0.844. The first kappa shape index (κ1) is 72.0. The Kier molecular flexibility index (Phi) is 52.8. The van der Waals surface area contributed by atoms with Crippen molar-refractivity contribution in [2.75, 3.05) is 40.9 Å². The monoisotopic (exact) mass is 1060 g/mol. The molecular formula is C64H121N2O7P. The Bertz CT molecular complexity index is 1410. The molecular weight excluding hydrogens is 940 g/mol. The summed E-state index contributed by atoms with van der Waals surface area (Å²) in [5, 5.41) is 3.03. The lowest BCUT2D eigenvalue weighted by atomic mass is 10.0. The van der Waals surface area contributed by atoms with Gasteiger partial charge in [0.15, 0.2) is 0 Å². The lowest BCUT2D eigenvalue weighted by Gasteiger charge is -2.30. The van der Waals surface area contributed by atoms with Crippen molar-refractivity contribution in [2.45, 2.75) is 309 Å². The molecule has 434 valence electrons. The summed E-state index contributed by atoms with van der Waals surface area (Å²) < 4.78 is 30.3. The molecule has 0 aliphatic heterocycles. The van der Waals surface area contributed by atoms with Crippen LogP contribution in [0.2, 0.25) is 0 Å². The summed E-state index contributed by atoms with van der Waals surface area (Å²) in [5.41, 5.74) is 0. The molecule has 10 heteroatoms. The lowest BCUT2D eigenvalue weighted by Crippen LogP contribution is -2.47. The van der Waals surface area contributed by atoms with Crippen LogP contribution in [0.15, 0.2) is 48.6 Å². The van der Waals surface area contributed by atoms with Crippen molar-refractivity contribution in [2.24, 2.45) is 0 Å². The number of hydrogen-bond acceptors (Lipinski definition) is 7. The molecule has 0 aliphatic carbocycles. The number of carbonyl (C=O) groups is 2. The SMILES string of the molecule is CCCCC/C=C\C/C=C\C/C=C\CCCCCCCCCCCCC(=O)OC(/C=C/CCCCCCCCCCC)C(COP(=O)([O-])OCC[N+](C)(C)C)NC(=O)CCCCCCCCCCCCCCCC. The second-order valence-electron chi connectivity index (χ2n) is 22.6. The Morgan fingerprint density at radius 3 is 1.26 bits per heavy atom. The van der Waals surface area contributed by atoms with E-state index < -0.39 is 20.0 Å². The predicted molar refractivity (Wildman–Crippen MR) is 316 cm³/mol. The van der Waals surface area contributed by atoms with Crippen LogP contribution in [0.1, 0.15) is 297 Å². The van der Waals surface area contributed by atoms with Gasteiger partial charge in [-0.2, -0.15) is 0 Å². The first-order valence-electron chi connectivity index (χ1n) is 31.4. The van der Waals surface area contributed by atoms with Crippen LogP contribution in [-0.2, 0) is 27.9 Å². The predicted octanol–water partition coefficient (Wildman–Crippen LogP) is 18.6. The molecule has 0 saturated carbocycles. The molecule has 0 aliphatic rings. The molecule has 3 unspecified atom stereocenters. The van der Waals surface area contributed by atoms with Crippen LogP contribution in [0.25, 0.3) is 0 Å². The van der Waals surface area contributed by atoms with Gasteiger partial charge in [-0.3, -0.25) is 14.2 Å². The molecule has 0 aromatic heterocycles. The largest absolute Gasteiger partial charge is 0.756 e. The number of rotatable bonds is 57. The van der Waals surface area contributed by atoms with Crippen LogP contribution in [0.4, 0.5) is 0 Å². The Morgan fingerprint density at radius 2 is 0.824 bits per heavy atom. The molecule has 1 amide bonds. The first-order valence-corrected chi connectivity index (χ1v) is 32.9. The minimum Gasteiger partial charge on any atom is -0.756 e. The van der Waals surface area contributed by atoms with Crippen LogP contribution in [0, 0.1) is 0 Å². The van der Waals surface area contributed by atoms with E-state index in [9.17, 15) is 19.0 Å². The van der Waals surface area contributed by atoms with Crippen LogP contribution in [0.5, 0.6) is 0 Å². The summed E-state index contributed by atoms with van der Waals surface area (Å²) in [6.45, 7) is 6.83. The number of nitrogens with zero attached hydrogens (tertiary/aromatic N) is 1. The Hall–Kier alpha value is -2.03. The zero-order valence-corrected chi connectivity index (χ0v) is 50.4. The molecule has 0 aromatic rings. The van der Waals surface area contributed by atoms with E-state index >= 15 is 0 Å². The molecule has 0 rings (SSSR count). The van der Waals surface area contributed by atoms with E-state index in [1.54, 1.807) is 0 Å². The van der Waals surface area contributed by atoms with Gasteiger partial charge in [-0.1, -0.05) is 262 Å². The molecule has 1 N–H and O–H groups in total. The van der Waals surface area contributed by atoms with E-state index in [1.165, 1.54) is 193 Å². The highest BCUT2D eigenvalue weighted by Gasteiger charge is 2.27. The zero-order valence-electron chi connectivity index (χ0n) is 49.6. The van der Waals surface area contributed by atoms with Gasteiger partial charge in [0.05, 0.1) is 33.8 Å². The van der Waals surface area contributed by atoms with Gasteiger partial charge in [0, 0.05) is 12.8 Å². The number of carbonyl (C=O) groups excluding carboxylic acids is 2. The number of amides is 1. The number of esters is 1. The summed E-state index contributed by atoms with van der Waals surface area (Å²) in [5.74, 6) is -0.536. The van der Waals surface area contributed by atoms with Crippen molar-refractivity contribution >= 4 is 19.7 Å². The van der Waals surface area contributed by atoms with Gasteiger partial charge < -0.3 is 28.5 Å². The van der Waals surface area contributed by atoms with Crippen molar-refractivity contribution in [1.29, 1.82) is 0 Å². The van der Waals surface area contributed by atoms with Crippen molar-refractivity contribution in [3.8, 4) is 0 Å². The molecule has 0 heterocycles. The maximum Gasteiger partial charge on any atom is 0.306 e. The summed E-state index contributed by atoms with van der Waals surface area (Å²) in [6, 6.07) is -0.886. The van der Waals surface area contributed by atoms with Crippen LogP contribution in [0.3, 0.4) is 0 Å². The van der Waals surface area contributed by atoms with Crippen molar-refractivity contribution in [3.05, 3.63) is 48.6 Å². The lowest BCUT2D eigenvalue weighted by molar-refractivity contribution is -0.870. The van der Waals surface area contributed by atoms with E-state index in [-0.39, 0.29) is 31.5 Å². The van der Waals surface area contributed by atoms with Crippen molar-refractivity contribution in [1.82, 2.24) is 5.32 Å². The average molecular weight is 1060 g/mol. The number of phosphoric acid groups is 1. The second-order valence-corrected chi connectivity index (χ2v) is 24.0. The van der Waals surface area contributed by atoms with Gasteiger partial charge in [-0.05, 0) is 70.3 Å². The van der Waals surface area contributed by atoms with Crippen molar-refractivity contribution in [3.63, 3.8) is 0 Å². The maximum atomic E-state index is 13.5. The quantitative estimate of drug-likeness (QED) is 0.0212. The van der Waals surface area contributed by atoms with Crippen LogP contribution in [-0.4, -0.2) is 69.4 Å². The van der Waals surface area contributed by atoms with Crippen molar-refractivity contribution < 1.29 is 37.3 Å². The van der Waals surface area contributed by atoms with E-state index in [1.807, 2.05) is 33.3 Å². The van der Waals surface area contributed by atoms with E-state index in [0.717, 1.165) is 70.6 Å². The third-order valence-electron chi connectivity index (χ3n) is 14.0. The Labute approximate surface area is 458 Å². The summed E-state index contributed by atoms with van der Waals surface area (Å²) >= 11 is 0. The smallest absolute Gasteiger partial charge is 0.306 e. The third kappa shape index (κ3) is 54.7. The number of unbranched alkanes of at least 4 members (excludes halogenated alkanes) is 35. The number of likely N-dealkylation sites (N-methyl/N-ethyl adjacent to an activating group) is 1. The molecule has 0 bridgehead atoms. The molecule has 9 nitrogen and oxygen atoms in total. The number of hydrogen-bond donors (Lipinski definition) is 1. The van der Waals surface area contributed by atoms with Gasteiger partial charge in [-0.15, -0.1) is 0 Å². The highest BCUT2D eigenvalue weighted by atomic mass is 31.2. The Balaban J connectivity index is 5.13. The second kappa shape index (κ2) is 54.3. The van der Waals surface area contributed by atoms with Gasteiger partial charge in [0.25, 0.3) is 7.82 Å². The van der Waals surface area contributed by atoms with Gasteiger partial charge in [0.2, 0.25) is 5.91 Å². The van der Waals surface area contributed by atoms with Gasteiger partial charge in [0.1, 0.15) is 19.3 Å². The molecule has 0 spiro atoms. The third-order valence-corrected chi connectivity index (χ3v) is 15.0. The topological polar surface area (TPSA) is 114 Å². The number of ether oxygens (including phenoxy) is 1. The molecule has 0 aromatic carbocycles. The number of nitrogens with one attached hydrogen (secondary N) is 1. The highest BCUT2D eigenvalue weighted by molar-refractivity contribution is 7.45. The standard InChI is InChI=1S/C64H121N2O7P/c1-7-10-13-16-19-22-25-27-29-30-31-32-33-34-35-36-37-39-42-45-48-51-54-57-64(68)73-62(55-52-49-46-43-40-24-21-18-15-12-9-3)61(60-72-74(69,70)71-59-58-66(4,5)6)65-63(67)56-53-50-47-44-41-38-28-26-23-20-17-14-11-8-2/h19,22,27,29,31-32,52,55,61-62H,7-18,20-21,23-26,28,30,33-51,53-54,56-60H2,1-6H3,(H-,65,67,69,70)/b22-19-,29-27-,32-31-,55-52+. The minimum atomic E-state index is -4.69. The minimum absolute atomic E-state index is 0.0216. The van der Waals surface area contributed by atoms with E-state index in [0.29, 0.717) is 17.4 Å². The maximum absolute atomic E-state index is 13.5. The normalized spacial score (nSPS) is 14.0. The number of quaternary nitrogens is 1. The van der Waals surface area contributed by atoms with Gasteiger partial charge >= 0.3 is 5.97 Å². The zero-order chi connectivity index (χ0) is 54.3. The first-order chi connectivity index (χ1) is 35.9. The van der Waals surface area contributed by atoms with Gasteiger partial charge in [-0.25, -0.2) is 0 Å². The molecule has 0 saturated heterocycles. The average Bonchev–Trinajstić information content (AvgIpc) is 3.36. The highest BCUT2D eigenvalue weighted by Crippen LogP contribution is 2.38.